The number of aromatic nitrogens is 1. The van der Waals surface area contributed by atoms with Gasteiger partial charge in [0.15, 0.2) is 5.58 Å². The van der Waals surface area contributed by atoms with Crippen LogP contribution in [0.25, 0.3) is 22.4 Å². The summed E-state index contributed by atoms with van der Waals surface area (Å²) in [5, 5.41) is 14.1. The highest BCUT2D eigenvalue weighted by atomic mass is 35.5. The number of allylic oxidation sites excluding steroid dienone is 1. The predicted molar refractivity (Wildman–Crippen MR) is 127 cm³/mol. The molecule has 0 aliphatic carbocycles. The monoisotopic (exact) mass is 461 g/mol. The lowest BCUT2D eigenvalue weighted by molar-refractivity contribution is 0.586. The largest absolute Gasteiger partial charge is 0.435 e. The summed E-state index contributed by atoms with van der Waals surface area (Å²) in [6.07, 6.45) is 0. The highest BCUT2D eigenvalue weighted by molar-refractivity contribution is 8.06. The van der Waals surface area contributed by atoms with E-state index in [2.05, 4.69) is 11.1 Å². The van der Waals surface area contributed by atoms with Gasteiger partial charge in [0.2, 0.25) is 5.89 Å². The number of anilines is 1. The summed E-state index contributed by atoms with van der Waals surface area (Å²) < 4.78 is 5.90. The van der Waals surface area contributed by atoms with Crippen molar-refractivity contribution in [2.24, 2.45) is 0 Å². The minimum atomic E-state index is 0.288. The summed E-state index contributed by atoms with van der Waals surface area (Å²) in [5.41, 5.74) is 4.46. The van der Waals surface area contributed by atoms with Gasteiger partial charge in [0, 0.05) is 21.1 Å². The molecule has 7 heteroatoms. The van der Waals surface area contributed by atoms with Crippen LogP contribution < -0.4 is 4.90 Å². The van der Waals surface area contributed by atoms with Crippen LogP contribution in [0, 0.1) is 11.3 Å². The Morgan fingerprint density at radius 1 is 0.935 bits per heavy atom. The molecule has 4 nitrogen and oxygen atoms in total. The Hall–Kier alpha value is -3.17. The molecule has 31 heavy (non-hydrogen) atoms. The standard InChI is InChI=1S/C24H13Cl2N3OS/c25-16-7-5-15(6-8-16)21-14-31-24(29(21)18-11-9-17(26)10-12-18)19(13-27)23-28-20-3-1-2-4-22(20)30-23/h1-12,14H/b24-19+. The number of para-hydroxylation sites is 2. The van der Waals surface area contributed by atoms with Gasteiger partial charge in [-0.3, -0.25) is 0 Å². The molecule has 4 aromatic rings. The van der Waals surface area contributed by atoms with Gasteiger partial charge in [0.1, 0.15) is 22.2 Å². The quantitative estimate of drug-likeness (QED) is 0.294. The summed E-state index contributed by atoms with van der Waals surface area (Å²) in [4.78, 5) is 6.54. The van der Waals surface area contributed by atoms with E-state index in [-0.39, 0.29) is 5.89 Å². The van der Waals surface area contributed by atoms with Crippen LogP contribution in [0.4, 0.5) is 5.69 Å². The van der Waals surface area contributed by atoms with Gasteiger partial charge in [-0.15, -0.1) is 0 Å². The molecule has 2 heterocycles. The minimum absolute atomic E-state index is 0.288. The SMILES string of the molecule is N#C/C(=C1\SC=C(c2ccc(Cl)cc2)N1c1ccc(Cl)cc1)c1nc2ccccc2o1. The lowest BCUT2D eigenvalue weighted by atomic mass is 10.1. The number of nitriles is 1. The van der Waals surface area contributed by atoms with Gasteiger partial charge < -0.3 is 9.32 Å². The zero-order valence-electron chi connectivity index (χ0n) is 15.9. The molecule has 0 saturated carbocycles. The second kappa shape index (κ2) is 8.16. The number of oxazole rings is 1. The molecule has 3 aromatic carbocycles. The molecule has 0 N–H and O–H groups in total. The number of nitrogens with zero attached hydrogens (tertiary/aromatic N) is 3. The first-order valence-corrected chi connectivity index (χ1v) is 11.0. The Balaban J connectivity index is 1.68. The third-order valence-corrected chi connectivity index (χ3v) is 6.24. The van der Waals surface area contributed by atoms with Crippen molar-refractivity contribution in [1.82, 2.24) is 4.98 Å². The number of fused-ring (bicyclic) bond motifs is 1. The van der Waals surface area contributed by atoms with Crippen LogP contribution in [0.2, 0.25) is 10.0 Å². The Morgan fingerprint density at radius 2 is 1.61 bits per heavy atom. The lowest BCUT2D eigenvalue weighted by Gasteiger charge is -2.24. The average Bonchev–Trinajstić information content (AvgIpc) is 3.40. The maximum Gasteiger partial charge on any atom is 0.240 e. The molecule has 0 unspecified atom stereocenters. The Kier molecular flexibility index (Phi) is 5.21. The first kappa shape index (κ1) is 19.8. The molecule has 0 spiro atoms. The third kappa shape index (κ3) is 3.70. The fourth-order valence-corrected chi connectivity index (χ4v) is 4.60. The van der Waals surface area contributed by atoms with Crippen molar-refractivity contribution in [3.8, 4) is 6.07 Å². The van der Waals surface area contributed by atoms with Crippen LogP contribution in [-0.2, 0) is 0 Å². The van der Waals surface area contributed by atoms with E-state index in [0.717, 1.165) is 16.9 Å². The zero-order chi connectivity index (χ0) is 21.4. The van der Waals surface area contributed by atoms with Crippen LogP contribution in [0.15, 0.2) is 87.7 Å². The molecule has 1 aromatic heterocycles. The summed E-state index contributed by atoms with van der Waals surface area (Å²) in [6, 6.07) is 24.8. The normalized spacial score (nSPS) is 15.1. The molecule has 0 saturated heterocycles. The number of benzene rings is 3. The number of thioether (sulfide) groups is 1. The maximum atomic E-state index is 10.1. The van der Waals surface area contributed by atoms with Crippen LogP contribution in [0.5, 0.6) is 0 Å². The summed E-state index contributed by atoms with van der Waals surface area (Å²) >= 11 is 13.6. The molecule has 1 aliphatic rings. The first-order chi connectivity index (χ1) is 15.1. The van der Waals surface area contributed by atoms with E-state index >= 15 is 0 Å². The first-order valence-electron chi connectivity index (χ1n) is 9.33. The Morgan fingerprint density at radius 3 is 2.29 bits per heavy atom. The van der Waals surface area contributed by atoms with Crippen molar-refractivity contribution in [2.45, 2.75) is 0 Å². The van der Waals surface area contributed by atoms with E-state index in [9.17, 15) is 5.26 Å². The van der Waals surface area contributed by atoms with Crippen LogP contribution in [0.3, 0.4) is 0 Å². The minimum Gasteiger partial charge on any atom is -0.435 e. The number of halogens is 2. The number of hydrogen-bond acceptors (Lipinski definition) is 5. The van der Waals surface area contributed by atoms with Gasteiger partial charge in [-0.05, 0) is 54.1 Å². The topological polar surface area (TPSA) is 53.1 Å². The summed E-state index contributed by atoms with van der Waals surface area (Å²) in [5.74, 6) is 0.288. The fraction of sp³-hybridized carbons (Fsp3) is 0. The molecular formula is C24H13Cl2N3OS. The second-order valence-corrected chi connectivity index (χ2v) is 8.45. The fourth-order valence-electron chi connectivity index (χ4n) is 3.33. The van der Waals surface area contributed by atoms with Crippen molar-refractivity contribution in [2.75, 3.05) is 4.90 Å². The van der Waals surface area contributed by atoms with E-state index in [1.54, 1.807) is 0 Å². The van der Waals surface area contributed by atoms with Crippen molar-refractivity contribution < 1.29 is 4.42 Å². The van der Waals surface area contributed by atoms with E-state index in [0.29, 0.717) is 31.7 Å². The molecule has 0 amide bonds. The summed E-state index contributed by atoms with van der Waals surface area (Å²) in [7, 11) is 0. The molecule has 0 atom stereocenters. The van der Waals surface area contributed by atoms with Crippen LogP contribution >= 0.6 is 35.0 Å². The van der Waals surface area contributed by atoms with Gasteiger partial charge in [0.25, 0.3) is 0 Å². The highest BCUT2D eigenvalue weighted by Gasteiger charge is 2.30. The van der Waals surface area contributed by atoms with Gasteiger partial charge in [-0.2, -0.15) is 5.26 Å². The van der Waals surface area contributed by atoms with Crippen molar-refractivity contribution >= 4 is 63.0 Å². The number of hydrogen-bond donors (Lipinski definition) is 0. The molecule has 0 bridgehead atoms. The van der Waals surface area contributed by atoms with E-state index in [4.69, 9.17) is 27.6 Å². The maximum absolute atomic E-state index is 10.1. The predicted octanol–water partition coefficient (Wildman–Crippen LogP) is 7.58. The molecule has 150 valence electrons. The number of rotatable bonds is 3. The highest BCUT2D eigenvalue weighted by Crippen LogP contribution is 2.46. The molecular weight excluding hydrogens is 449 g/mol. The molecule has 1 aliphatic heterocycles. The molecule has 0 fully saturated rings. The van der Waals surface area contributed by atoms with Crippen LogP contribution in [0.1, 0.15) is 11.5 Å². The van der Waals surface area contributed by atoms with E-state index < -0.39 is 0 Å². The summed E-state index contributed by atoms with van der Waals surface area (Å²) in [6.45, 7) is 0. The average molecular weight is 462 g/mol. The Bertz CT molecular complexity index is 1350. The van der Waals surface area contributed by atoms with Crippen molar-refractivity contribution in [3.63, 3.8) is 0 Å². The van der Waals surface area contributed by atoms with Gasteiger partial charge in [-0.25, -0.2) is 4.98 Å². The van der Waals surface area contributed by atoms with Crippen LogP contribution in [-0.4, -0.2) is 4.98 Å². The lowest BCUT2D eigenvalue weighted by Crippen LogP contribution is -2.16. The van der Waals surface area contributed by atoms with Gasteiger partial charge in [-0.1, -0.05) is 59.2 Å². The van der Waals surface area contributed by atoms with Gasteiger partial charge in [0.05, 0.1) is 5.70 Å². The smallest absolute Gasteiger partial charge is 0.240 e. The third-order valence-electron chi connectivity index (χ3n) is 4.78. The van der Waals surface area contributed by atoms with E-state index in [1.807, 2.05) is 83.1 Å². The van der Waals surface area contributed by atoms with Crippen molar-refractivity contribution in [3.05, 3.63) is 105 Å². The van der Waals surface area contributed by atoms with E-state index in [1.165, 1.54) is 11.8 Å². The molecule has 5 rings (SSSR count). The van der Waals surface area contributed by atoms with Crippen molar-refractivity contribution in [1.29, 1.82) is 5.26 Å². The second-order valence-electron chi connectivity index (χ2n) is 6.72. The zero-order valence-corrected chi connectivity index (χ0v) is 18.2. The van der Waals surface area contributed by atoms with Gasteiger partial charge >= 0.3 is 0 Å². The Labute approximate surface area is 193 Å². The molecule has 0 radical (unpaired) electrons.